The Bertz CT molecular complexity index is 618. The molecule has 0 radical (unpaired) electrons. The number of halogens is 1. The smallest absolute Gasteiger partial charge is 0.183 e. The van der Waals surface area contributed by atoms with Gasteiger partial charge in [0.05, 0.1) is 18.4 Å². The maximum absolute atomic E-state index is 8.86. The number of anilines is 2. The summed E-state index contributed by atoms with van der Waals surface area (Å²) in [5.74, 6) is 0.153. The molecule has 19 heavy (non-hydrogen) atoms. The van der Waals surface area contributed by atoms with Crippen LogP contribution in [0.2, 0.25) is 5.02 Å². The second kappa shape index (κ2) is 5.55. The Kier molecular flexibility index (Phi) is 3.83. The standard InChI is InChI=1S/C13H12ClN5/c1-19(11-4-2-9(14)3-5-11)8-10-7-17-13(16)12(6-15)18-10/h2-5,7H,8H2,1H3,(H2,16,17). The lowest BCUT2D eigenvalue weighted by Gasteiger charge is -2.18. The minimum absolute atomic E-state index is 0.153. The van der Waals surface area contributed by atoms with Gasteiger partial charge in [0, 0.05) is 17.8 Å². The lowest BCUT2D eigenvalue weighted by atomic mass is 10.3. The van der Waals surface area contributed by atoms with Gasteiger partial charge in [-0.1, -0.05) is 11.6 Å². The Balaban J connectivity index is 2.17. The summed E-state index contributed by atoms with van der Waals surface area (Å²) in [5, 5.41) is 9.55. The zero-order valence-electron chi connectivity index (χ0n) is 10.3. The second-order valence-electron chi connectivity index (χ2n) is 4.04. The normalized spacial score (nSPS) is 9.95. The van der Waals surface area contributed by atoms with Crippen molar-refractivity contribution in [2.24, 2.45) is 0 Å². The molecule has 0 atom stereocenters. The number of benzene rings is 1. The molecular weight excluding hydrogens is 262 g/mol. The quantitative estimate of drug-likeness (QED) is 0.928. The minimum atomic E-state index is 0.153. The summed E-state index contributed by atoms with van der Waals surface area (Å²) in [6, 6.07) is 9.40. The summed E-state index contributed by atoms with van der Waals surface area (Å²) < 4.78 is 0. The number of nitriles is 1. The van der Waals surface area contributed by atoms with Gasteiger partial charge in [0.15, 0.2) is 11.5 Å². The molecule has 6 heteroatoms. The highest BCUT2D eigenvalue weighted by Crippen LogP contribution is 2.18. The topological polar surface area (TPSA) is 78.8 Å². The predicted octanol–water partition coefficient (Wildman–Crippen LogP) is 2.22. The van der Waals surface area contributed by atoms with Crippen molar-refractivity contribution in [3.05, 3.63) is 46.9 Å². The van der Waals surface area contributed by atoms with E-state index in [4.69, 9.17) is 22.6 Å². The van der Waals surface area contributed by atoms with Gasteiger partial charge in [-0.05, 0) is 24.3 Å². The van der Waals surface area contributed by atoms with Crippen LogP contribution in [-0.2, 0) is 6.54 Å². The number of nitrogen functional groups attached to an aromatic ring is 1. The number of nitrogens with two attached hydrogens (primary N) is 1. The van der Waals surface area contributed by atoms with Gasteiger partial charge in [0.1, 0.15) is 6.07 Å². The Morgan fingerprint density at radius 1 is 1.37 bits per heavy atom. The van der Waals surface area contributed by atoms with Gasteiger partial charge in [0.2, 0.25) is 0 Å². The van der Waals surface area contributed by atoms with Crippen LogP contribution < -0.4 is 10.6 Å². The summed E-state index contributed by atoms with van der Waals surface area (Å²) in [5.41, 5.74) is 7.37. The van der Waals surface area contributed by atoms with Crippen molar-refractivity contribution in [3.63, 3.8) is 0 Å². The van der Waals surface area contributed by atoms with E-state index in [9.17, 15) is 0 Å². The minimum Gasteiger partial charge on any atom is -0.381 e. The zero-order chi connectivity index (χ0) is 13.8. The molecule has 96 valence electrons. The maximum Gasteiger partial charge on any atom is 0.183 e. The van der Waals surface area contributed by atoms with Gasteiger partial charge in [0.25, 0.3) is 0 Å². The van der Waals surface area contributed by atoms with E-state index in [1.54, 1.807) is 6.20 Å². The Labute approximate surface area is 116 Å². The van der Waals surface area contributed by atoms with E-state index >= 15 is 0 Å². The molecule has 0 aliphatic carbocycles. The summed E-state index contributed by atoms with van der Waals surface area (Å²) >= 11 is 5.84. The third-order valence-corrected chi connectivity index (χ3v) is 2.88. The molecule has 2 N–H and O–H groups in total. The van der Waals surface area contributed by atoms with E-state index in [1.165, 1.54) is 0 Å². The number of rotatable bonds is 3. The highest BCUT2D eigenvalue weighted by molar-refractivity contribution is 6.30. The van der Waals surface area contributed by atoms with Crippen molar-refractivity contribution in [2.45, 2.75) is 6.54 Å². The molecule has 0 saturated heterocycles. The van der Waals surface area contributed by atoms with Crippen molar-refractivity contribution in [1.29, 1.82) is 5.26 Å². The van der Waals surface area contributed by atoms with Crippen LogP contribution in [0.3, 0.4) is 0 Å². The zero-order valence-corrected chi connectivity index (χ0v) is 11.1. The molecule has 1 aromatic carbocycles. The van der Waals surface area contributed by atoms with Crippen LogP contribution in [0.15, 0.2) is 30.5 Å². The van der Waals surface area contributed by atoms with Crippen LogP contribution in [-0.4, -0.2) is 17.0 Å². The van der Waals surface area contributed by atoms with E-state index in [0.29, 0.717) is 17.3 Å². The highest BCUT2D eigenvalue weighted by atomic mass is 35.5. The lowest BCUT2D eigenvalue weighted by molar-refractivity contribution is 0.871. The molecule has 0 spiro atoms. The molecule has 2 rings (SSSR count). The molecule has 0 bridgehead atoms. The van der Waals surface area contributed by atoms with E-state index in [2.05, 4.69) is 9.97 Å². The summed E-state index contributed by atoms with van der Waals surface area (Å²) in [6.45, 7) is 0.531. The molecule has 0 aliphatic rings. The van der Waals surface area contributed by atoms with Crippen LogP contribution >= 0.6 is 11.6 Å². The average Bonchev–Trinajstić information content (AvgIpc) is 2.41. The fourth-order valence-corrected chi connectivity index (χ4v) is 1.75. The number of aromatic nitrogens is 2. The van der Waals surface area contributed by atoms with Crippen molar-refractivity contribution >= 4 is 23.1 Å². The first-order chi connectivity index (χ1) is 9.10. The van der Waals surface area contributed by atoms with Gasteiger partial charge < -0.3 is 10.6 Å². The average molecular weight is 274 g/mol. The molecule has 0 saturated carbocycles. The van der Waals surface area contributed by atoms with Crippen LogP contribution in [0.1, 0.15) is 11.4 Å². The van der Waals surface area contributed by atoms with E-state index in [0.717, 1.165) is 5.69 Å². The van der Waals surface area contributed by atoms with E-state index < -0.39 is 0 Å². The summed E-state index contributed by atoms with van der Waals surface area (Å²) in [6.07, 6.45) is 1.57. The van der Waals surface area contributed by atoms with Crippen LogP contribution in [0.4, 0.5) is 11.5 Å². The van der Waals surface area contributed by atoms with Crippen LogP contribution in [0, 0.1) is 11.3 Å². The SMILES string of the molecule is CN(Cc1cnc(N)c(C#N)n1)c1ccc(Cl)cc1. The fraction of sp³-hybridized carbons (Fsp3) is 0.154. The van der Waals surface area contributed by atoms with Crippen molar-refractivity contribution < 1.29 is 0 Å². The first-order valence-electron chi connectivity index (χ1n) is 5.58. The predicted molar refractivity (Wildman–Crippen MR) is 74.7 cm³/mol. The Morgan fingerprint density at radius 3 is 2.68 bits per heavy atom. The number of hydrogen-bond acceptors (Lipinski definition) is 5. The highest BCUT2D eigenvalue weighted by Gasteiger charge is 2.07. The Hall–Kier alpha value is -2.32. The molecule has 1 aromatic heterocycles. The van der Waals surface area contributed by atoms with E-state index in [1.807, 2.05) is 42.3 Å². The molecule has 0 unspecified atom stereocenters. The summed E-state index contributed by atoms with van der Waals surface area (Å²) in [7, 11) is 1.92. The van der Waals surface area contributed by atoms with Crippen molar-refractivity contribution in [1.82, 2.24) is 9.97 Å². The number of hydrogen-bond donors (Lipinski definition) is 1. The van der Waals surface area contributed by atoms with Gasteiger partial charge in [-0.2, -0.15) is 5.26 Å². The van der Waals surface area contributed by atoms with Crippen LogP contribution in [0.25, 0.3) is 0 Å². The number of nitrogens with zero attached hydrogens (tertiary/aromatic N) is 4. The molecular formula is C13H12ClN5. The molecule has 2 aromatic rings. The van der Waals surface area contributed by atoms with Crippen LogP contribution in [0.5, 0.6) is 0 Å². The van der Waals surface area contributed by atoms with Gasteiger partial charge in [-0.15, -0.1) is 0 Å². The van der Waals surface area contributed by atoms with Gasteiger partial charge >= 0.3 is 0 Å². The lowest BCUT2D eigenvalue weighted by Crippen LogP contribution is -2.18. The molecule has 0 fully saturated rings. The Morgan fingerprint density at radius 2 is 2.05 bits per heavy atom. The first-order valence-corrected chi connectivity index (χ1v) is 5.96. The first kappa shape index (κ1) is 13.1. The monoisotopic (exact) mass is 273 g/mol. The van der Waals surface area contributed by atoms with Gasteiger partial charge in [-0.3, -0.25) is 0 Å². The van der Waals surface area contributed by atoms with Crippen molar-refractivity contribution in [3.8, 4) is 6.07 Å². The largest absolute Gasteiger partial charge is 0.381 e. The maximum atomic E-state index is 8.86. The third-order valence-electron chi connectivity index (χ3n) is 2.62. The molecule has 5 nitrogen and oxygen atoms in total. The fourth-order valence-electron chi connectivity index (χ4n) is 1.62. The van der Waals surface area contributed by atoms with Crippen molar-refractivity contribution in [2.75, 3.05) is 17.7 Å². The van der Waals surface area contributed by atoms with Gasteiger partial charge in [-0.25, -0.2) is 9.97 Å². The third kappa shape index (κ3) is 3.12. The van der Waals surface area contributed by atoms with E-state index in [-0.39, 0.29) is 11.5 Å². The molecule has 0 aliphatic heterocycles. The molecule has 0 amide bonds. The summed E-state index contributed by atoms with van der Waals surface area (Å²) in [4.78, 5) is 10.1. The second-order valence-corrected chi connectivity index (χ2v) is 4.48. The molecule has 1 heterocycles.